The van der Waals surface area contributed by atoms with Gasteiger partial charge in [0.2, 0.25) is 0 Å². The fourth-order valence-corrected chi connectivity index (χ4v) is 2.10. The van der Waals surface area contributed by atoms with Gasteiger partial charge in [0.15, 0.2) is 0 Å². The van der Waals surface area contributed by atoms with Gasteiger partial charge in [-0.2, -0.15) is 0 Å². The normalized spacial score (nSPS) is 10.2. The molecule has 0 spiro atoms. The van der Waals surface area contributed by atoms with Crippen LogP contribution in [0.25, 0.3) is 11.1 Å². The Morgan fingerprint density at radius 2 is 1.67 bits per heavy atom. The van der Waals surface area contributed by atoms with Gasteiger partial charge in [-0.15, -0.1) is 0 Å². The lowest BCUT2D eigenvalue weighted by Gasteiger charge is -2.11. The Bertz CT molecular complexity index is 660. The minimum Gasteiger partial charge on any atom is -0.481 e. The largest absolute Gasteiger partial charge is 0.481 e. The van der Waals surface area contributed by atoms with Crippen molar-refractivity contribution in [1.82, 2.24) is 4.90 Å². The Labute approximate surface area is 123 Å². The third kappa shape index (κ3) is 3.69. The summed E-state index contributed by atoms with van der Waals surface area (Å²) in [6.07, 6.45) is 0.00500. The van der Waals surface area contributed by atoms with Gasteiger partial charge in [-0.3, -0.25) is 9.59 Å². The number of aliphatic carboxylic acids is 1. The van der Waals surface area contributed by atoms with E-state index in [2.05, 4.69) is 0 Å². The van der Waals surface area contributed by atoms with Crippen molar-refractivity contribution in [3.8, 4) is 11.1 Å². The smallest absolute Gasteiger partial charge is 0.307 e. The van der Waals surface area contributed by atoms with Crippen LogP contribution in [0.15, 0.2) is 48.5 Å². The Morgan fingerprint density at radius 3 is 2.24 bits per heavy atom. The molecule has 0 atom stereocenters. The fraction of sp³-hybridized carbons (Fsp3) is 0.176. The summed E-state index contributed by atoms with van der Waals surface area (Å²) in [6.45, 7) is 0. The lowest BCUT2D eigenvalue weighted by Crippen LogP contribution is -2.21. The molecule has 4 heteroatoms. The van der Waals surface area contributed by atoms with Crippen LogP contribution in [0.4, 0.5) is 0 Å². The number of hydrogen-bond acceptors (Lipinski definition) is 2. The van der Waals surface area contributed by atoms with Crippen LogP contribution < -0.4 is 0 Å². The van der Waals surface area contributed by atoms with Crippen LogP contribution in [-0.2, 0) is 11.2 Å². The molecular weight excluding hydrogens is 266 g/mol. The van der Waals surface area contributed by atoms with Gasteiger partial charge < -0.3 is 10.0 Å². The molecule has 0 unspecified atom stereocenters. The first kappa shape index (κ1) is 14.8. The van der Waals surface area contributed by atoms with E-state index in [0.717, 1.165) is 16.7 Å². The van der Waals surface area contributed by atoms with Gasteiger partial charge in [0.05, 0.1) is 6.42 Å². The SMILES string of the molecule is CN(C)C(=O)c1ccc(-c2cccc(CC(=O)O)c2)cc1. The molecule has 0 heterocycles. The lowest BCUT2D eigenvalue weighted by molar-refractivity contribution is -0.136. The molecule has 0 aliphatic carbocycles. The first-order valence-electron chi connectivity index (χ1n) is 6.60. The molecule has 21 heavy (non-hydrogen) atoms. The Hall–Kier alpha value is -2.62. The molecule has 0 fully saturated rings. The highest BCUT2D eigenvalue weighted by atomic mass is 16.4. The summed E-state index contributed by atoms with van der Waals surface area (Å²) in [5.74, 6) is -0.889. The van der Waals surface area contributed by atoms with Gasteiger partial charge in [0.1, 0.15) is 0 Å². The molecule has 0 bridgehead atoms. The maximum Gasteiger partial charge on any atom is 0.307 e. The average Bonchev–Trinajstić information content (AvgIpc) is 2.46. The van der Waals surface area contributed by atoms with E-state index < -0.39 is 5.97 Å². The zero-order chi connectivity index (χ0) is 15.4. The highest BCUT2D eigenvalue weighted by Crippen LogP contribution is 2.21. The van der Waals surface area contributed by atoms with E-state index in [1.807, 2.05) is 30.3 Å². The summed E-state index contributed by atoms with van der Waals surface area (Å²) in [7, 11) is 3.43. The molecule has 4 nitrogen and oxygen atoms in total. The predicted octanol–water partition coefficient (Wildman–Crippen LogP) is 2.68. The molecule has 0 aromatic heterocycles. The number of hydrogen-bond donors (Lipinski definition) is 1. The second-order valence-electron chi connectivity index (χ2n) is 5.05. The highest BCUT2D eigenvalue weighted by Gasteiger charge is 2.08. The summed E-state index contributed by atoms with van der Waals surface area (Å²) in [4.78, 5) is 24.1. The van der Waals surface area contributed by atoms with Crippen LogP contribution in [0, 0.1) is 0 Å². The molecular formula is C17H17NO3. The average molecular weight is 283 g/mol. The quantitative estimate of drug-likeness (QED) is 0.938. The third-order valence-electron chi connectivity index (χ3n) is 3.15. The number of carboxylic acid groups (broad SMARTS) is 1. The van der Waals surface area contributed by atoms with E-state index in [9.17, 15) is 9.59 Å². The second-order valence-corrected chi connectivity index (χ2v) is 5.05. The number of amides is 1. The Kier molecular flexibility index (Phi) is 4.38. The minimum atomic E-state index is -0.848. The van der Waals surface area contributed by atoms with Crippen LogP contribution in [0.1, 0.15) is 15.9 Å². The van der Waals surface area contributed by atoms with E-state index in [4.69, 9.17) is 5.11 Å². The van der Waals surface area contributed by atoms with Crippen molar-refractivity contribution in [1.29, 1.82) is 0 Å². The summed E-state index contributed by atoms with van der Waals surface area (Å²) >= 11 is 0. The fourth-order valence-electron chi connectivity index (χ4n) is 2.10. The van der Waals surface area contributed by atoms with Crippen molar-refractivity contribution in [2.24, 2.45) is 0 Å². The number of carboxylic acids is 1. The summed E-state index contributed by atoms with van der Waals surface area (Å²) in [5.41, 5.74) is 3.29. The van der Waals surface area contributed by atoms with Crippen LogP contribution in [0.5, 0.6) is 0 Å². The first-order chi connectivity index (χ1) is 9.97. The van der Waals surface area contributed by atoms with E-state index in [-0.39, 0.29) is 12.3 Å². The van der Waals surface area contributed by atoms with Crippen LogP contribution in [-0.4, -0.2) is 36.0 Å². The van der Waals surface area contributed by atoms with Crippen molar-refractivity contribution >= 4 is 11.9 Å². The van der Waals surface area contributed by atoms with Crippen molar-refractivity contribution in [2.45, 2.75) is 6.42 Å². The van der Waals surface area contributed by atoms with Crippen molar-refractivity contribution < 1.29 is 14.7 Å². The molecule has 1 amide bonds. The highest BCUT2D eigenvalue weighted by molar-refractivity contribution is 5.94. The maximum absolute atomic E-state index is 11.8. The predicted molar refractivity (Wildman–Crippen MR) is 81.2 cm³/mol. The topological polar surface area (TPSA) is 57.6 Å². The molecule has 0 saturated heterocycles. The third-order valence-corrected chi connectivity index (χ3v) is 3.15. The molecule has 0 radical (unpaired) electrons. The van der Waals surface area contributed by atoms with E-state index in [0.29, 0.717) is 5.56 Å². The van der Waals surface area contributed by atoms with Crippen molar-refractivity contribution in [3.05, 3.63) is 59.7 Å². The number of carbonyl (C=O) groups excluding carboxylic acids is 1. The number of nitrogens with zero attached hydrogens (tertiary/aromatic N) is 1. The van der Waals surface area contributed by atoms with E-state index in [1.54, 1.807) is 32.3 Å². The lowest BCUT2D eigenvalue weighted by atomic mass is 10.0. The van der Waals surface area contributed by atoms with Gasteiger partial charge >= 0.3 is 5.97 Å². The molecule has 0 aliphatic heterocycles. The molecule has 2 aromatic carbocycles. The van der Waals surface area contributed by atoms with Gasteiger partial charge in [-0.1, -0.05) is 36.4 Å². The number of rotatable bonds is 4. The van der Waals surface area contributed by atoms with Crippen molar-refractivity contribution in [2.75, 3.05) is 14.1 Å². The molecule has 0 aliphatic rings. The van der Waals surface area contributed by atoms with Crippen LogP contribution >= 0.6 is 0 Å². The standard InChI is InChI=1S/C17H17NO3/c1-18(2)17(21)14-8-6-13(7-9-14)15-5-3-4-12(10-15)11-16(19)20/h3-10H,11H2,1-2H3,(H,19,20). The first-order valence-corrected chi connectivity index (χ1v) is 6.60. The minimum absolute atomic E-state index is 0.00500. The van der Waals surface area contributed by atoms with Crippen molar-refractivity contribution in [3.63, 3.8) is 0 Å². The maximum atomic E-state index is 11.8. The molecule has 0 saturated carbocycles. The van der Waals surface area contributed by atoms with Crippen LogP contribution in [0.3, 0.4) is 0 Å². The Balaban J connectivity index is 2.26. The zero-order valence-electron chi connectivity index (χ0n) is 12.0. The summed E-state index contributed by atoms with van der Waals surface area (Å²) in [6, 6.07) is 14.7. The number of benzene rings is 2. The van der Waals surface area contributed by atoms with E-state index >= 15 is 0 Å². The molecule has 108 valence electrons. The zero-order valence-corrected chi connectivity index (χ0v) is 12.0. The Morgan fingerprint density at radius 1 is 1.00 bits per heavy atom. The molecule has 2 rings (SSSR count). The monoisotopic (exact) mass is 283 g/mol. The van der Waals surface area contributed by atoms with Gasteiger partial charge in [0.25, 0.3) is 5.91 Å². The second kappa shape index (κ2) is 6.22. The number of carbonyl (C=O) groups is 2. The van der Waals surface area contributed by atoms with Gasteiger partial charge in [0, 0.05) is 19.7 Å². The van der Waals surface area contributed by atoms with E-state index in [1.165, 1.54) is 4.90 Å². The molecule has 1 N–H and O–H groups in total. The van der Waals surface area contributed by atoms with Gasteiger partial charge in [-0.25, -0.2) is 0 Å². The van der Waals surface area contributed by atoms with Gasteiger partial charge in [-0.05, 0) is 28.8 Å². The van der Waals surface area contributed by atoms with Crippen LogP contribution in [0.2, 0.25) is 0 Å². The summed E-state index contributed by atoms with van der Waals surface area (Å²) < 4.78 is 0. The summed E-state index contributed by atoms with van der Waals surface area (Å²) in [5, 5.41) is 8.84. The molecule has 2 aromatic rings.